The highest BCUT2D eigenvalue weighted by Crippen LogP contribution is 2.31. The molecule has 1 aromatic heterocycles. The van der Waals surface area contributed by atoms with Crippen LogP contribution in [0.15, 0.2) is 73.1 Å². The summed E-state index contributed by atoms with van der Waals surface area (Å²) in [5.41, 5.74) is 1.11. The molecule has 32 heavy (non-hydrogen) atoms. The predicted octanol–water partition coefficient (Wildman–Crippen LogP) is 4.53. The van der Waals surface area contributed by atoms with E-state index in [1.165, 1.54) is 0 Å². The maximum absolute atomic E-state index is 13.2. The van der Waals surface area contributed by atoms with Crippen LogP contribution in [0.5, 0.6) is 17.2 Å². The number of hydrogen-bond acceptors (Lipinski definition) is 5. The van der Waals surface area contributed by atoms with E-state index in [9.17, 15) is 4.79 Å². The maximum atomic E-state index is 13.2. The summed E-state index contributed by atoms with van der Waals surface area (Å²) in [4.78, 5) is 13.2. The number of nitrogens with one attached hydrogen (secondary N) is 1. The lowest BCUT2D eigenvalue weighted by Gasteiger charge is -2.26. The highest BCUT2D eigenvalue weighted by molar-refractivity contribution is 6.14. The molecule has 1 aliphatic heterocycles. The van der Waals surface area contributed by atoms with E-state index in [-0.39, 0.29) is 12.0 Å². The Bertz CT molecular complexity index is 1270. The van der Waals surface area contributed by atoms with Crippen molar-refractivity contribution < 1.29 is 19.0 Å². The van der Waals surface area contributed by atoms with Crippen LogP contribution >= 0.6 is 0 Å². The first-order chi connectivity index (χ1) is 15.7. The summed E-state index contributed by atoms with van der Waals surface area (Å²) >= 11 is 0. The topological polar surface area (TPSA) is 74.6 Å². The molecule has 0 saturated carbocycles. The summed E-state index contributed by atoms with van der Waals surface area (Å²) in [6.45, 7) is 3.31. The van der Waals surface area contributed by atoms with Crippen LogP contribution < -0.4 is 19.5 Å². The van der Waals surface area contributed by atoms with Gasteiger partial charge < -0.3 is 19.5 Å². The van der Waals surface area contributed by atoms with E-state index in [1.54, 1.807) is 17.1 Å². The monoisotopic (exact) mass is 429 g/mol. The number of benzene rings is 3. The van der Waals surface area contributed by atoms with Crippen LogP contribution in [-0.4, -0.2) is 35.0 Å². The first-order valence-corrected chi connectivity index (χ1v) is 10.6. The number of fused-ring (bicyclic) bond motifs is 2. The zero-order chi connectivity index (χ0) is 21.9. The van der Waals surface area contributed by atoms with Crippen LogP contribution in [0.2, 0.25) is 0 Å². The second kappa shape index (κ2) is 8.63. The number of anilines is 1. The molecular formula is C25H23N3O4. The fourth-order valence-electron chi connectivity index (χ4n) is 3.84. The third-order valence-corrected chi connectivity index (χ3v) is 5.27. The van der Waals surface area contributed by atoms with Gasteiger partial charge in [-0.1, -0.05) is 42.5 Å². The van der Waals surface area contributed by atoms with Gasteiger partial charge in [0.2, 0.25) is 0 Å². The van der Waals surface area contributed by atoms with Crippen LogP contribution in [-0.2, 0) is 6.54 Å². The molecule has 5 rings (SSSR count). The Balaban J connectivity index is 1.32. The Kier molecular flexibility index (Phi) is 5.37. The second-order valence-electron chi connectivity index (χ2n) is 7.50. The summed E-state index contributed by atoms with van der Waals surface area (Å²) in [6, 6.07) is 19.2. The van der Waals surface area contributed by atoms with Crippen LogP contribution in [0.1, 0.15) is 17.3 Å². The van der Waals surface area contributed by atoms with Gasteiger partial charge in [-0.3, -0.25) is 9.48 Å². The Hall–Kier alpha value is -4.00. The first kappa shape index (κ1) is 19.9. The van der Waals surface area contributed by atoms with Gasteiger partial charge in [-0.25, -0.2) is 0 Å². The number of carbonyl (C=O) groups excluding carboxylic acids is 1. The molecule has 2 heterocycles. The normalized spacial score (nSPS) is 14.8. The minimum atomic E-state index is -0.240. The Morgan fingerprint density at radius 3 is 2.81 bits per heavy atom. The second-order valence-corrected chi connectivity index (χ2v) is 7.50. The van der Waals surface area contributed by atoms with Gasteiger partial charge >= 0.3 is 0 Å². The van der Waals surface area contributed by atoms with E-state index in [4.69, 9.17) is 14.2 Å². The molecule has 0 spiro atoms. The number of para-hydroxylation sites is 2. The molecule has 3 aromatic carbocycles. The van der Waals surface area contributed by atoms with E-state index in [1.807, 2.05) is 67.6 Å². The van der Waals surface area contributed by atoms with Gasteiger partial charge in [-0.2, -0.15) is 5.10 Å². The Morgan fingerprint density at radius 2 is 1.94 bits per heavy atom. The standard InChI is InChI=1S/C25H23N3O4/c1-2-30-23-12-11-17-7-3-4-8-20(17)24(23)25(29)27-18-13-26-28(14-18)15-19-16-31-21-9-5-6-10-22(21)32-19/h3-14,19H,2,15-16H2,1H3,(H,27,29). The lowest BCUT2D eigenvalue weighted by Crippen LogP contribution is -2.33. The summed E-state index contributed by atoms with van der Waals surface area (Å²) < 4.78 is 19.2. The van der Waals surface area contributed by atoms with Gasteiger partial charge in [0.1, 0.15) is 12.4 Å². The van der Waals surface area contributed by atoms with Crippen molar-refractivity contribution in [1.82, 2.24) is 9.78 Å². The molecule has 7 nitrogen and oxygen atoms in total. The molecule has 7 heteroatoms. The number of carbonyl (C=O) groups is 1. The van der Waals surface area contributed by atoms with Gasteiger partial charge in [-0.15, -0.1) is 0 Å². The fourth-order valence-corrected chi connectivity index (χ4v) is 3.84. The van der Waals surface area contributed by atoms with Crippen molar-refractivity contribution in [2.24, 2.45) is 0 Å². The van der Waals surface area contributed by atoms with Crippen molar-refractivity contribution in [3.05, 3.63) is 78.6 Å². The number of amides is 1. The average molecular weight is 429 g/mol. The van der Waals surface area contributed by atoms with Crippen molar-refractivity contribution in [2.75, 3.05) is 18.5 Å². The van der Waals surface area contributed by atoms with Crippen LogP contribution in [0.4, 0.5) is 5.69 Å². The molecule has 1 atom stereocenters. The van der Waals surface area contributed by atoms with Crippen LogP contribution in [0.25, 0.3) is 10.8 Å². The first-order valence-electron chi connectivity index (χ1n) is 10.6. The zero-order valence-corrected chi connectivity index (χ0v) is 17.7. The summed E-state index contributed by atoms with van der Waals surface area (Å²) in [7, 11) is 0. The van der Waals surface area contributed by atoms with Gasteiger partial charge in [0.15, 0.2) is 17.6 Å². The highest BCUT2D eigenvalue weighted by atomic mass is 16.6. The van der Waals surface area contributed by atoms with E-state index in [0.29, 0.717) is 36.8 Å². The molecule has 0 aliphatic carbocycles. The molecule has 1 aliphatic rings. The third kappa shape index (κ3) is 3.97. The van der Waals surface area contributed by atoms with E-state index >= 15 is 0 Å². The lowest BCUT2D eigenvalue weighted by molar-refractivity contribution is 0.0759. The van der Waals surface area contributed by atoms with Crippen LogP contribution in [0.3, 0.4) is 0 Å². The largest absolute Gasteiger partial charge is 0.493 e. The number of hydrogen-bond donors (Lipinski definition) is 1. The number of aromatic nitrogens is 2. The maximum Gasteiger partial charge on any atom is 0.260 e. The van der Waals surface area contributed by atoms with Gasteiger partial charge in [0.05, 0.1) is 30.6 Å². The third-order valence-electron chi connectivity index (χ3n) is 5.27. The minimum absolute atomic E-state index is 0.170. The van der Waals surface area contributed by atoms with E-state index in [2.05, 4.69) is 10.4 Å². The van der Waals surface area contributed by atoms with Gasteiger partial charge in [0.25, 0.3) is 5.91 Å². The van der Waals surface area contributed by atoms with Gasteiger partial charge in [-0.05, 0) is 35.9 Å². The van der Waals surface area contributed by atoms with E-state index < -0.39 is 0 Å². The molecule has 1 amide bonds. The molecule has 0 saturated heterocycles. The molecule has 162 valence electrons. The van der Waals surface area contributed by atoms with Crippen molar-refractivity contribution in [3.8, 4) is 17.2 Å². The van der Waals surface area contributed by atoms with E-state index in [0.717, 1.165) is 22.3 Å². The molecule has 0 fully saturated rings. The van der Waals surface area contributed by atoms with Gasteiger partial charge in [0, 0.05) is 6.20 Å². The predicted molar refractivity (Wildman–Crippen MR) is 122 cm³/mol. The SMILES string of the molecule is CCOc1ccc2ccccc2c1C(=O)Nc1cnn(CC2COc3ccccc3O2)c1. The minimum Gasteiger partial charge on any atom is -0.493 e. The molecule has 1 N–H and O–H groups in total. The lowest BCUT2D eigenvalue weighted by atomic mass is 10.0. The number of nitrogens with zero attached hydrogens (tertiary/aromatic N) is 2. The molecule has 0 bridgehead atoms. The molecule has 0 radical (unpaired) electrons. The number of rotatable bonds is 6. The Morgan fingerprint density at radius 1 is 1.12 bits per heavy atom. The zero-order valence-electron chi connectivity index (χ0n) is 17.7. The van der Waals surface area contributed by atoms with Crippen molar-refractivity contribution in [2.45, 2.75) is 19.6 Å². The Labute approximate surface area is 185 Å². The highest BCUT2D eigenvalue weighted by Gasteiger charge is 2.22. The number of ether oxygens (including phenoxy) is 3. The summed E-state index contributed by atoms with van der Waals surface area (Å²) in [6.07, 6.45) is 3.24. The molecular weight excluding hydrogens is 406 g/mol. The van der Waals surface area contributed by atoms with Crippen molar-refractivity contribution in [1.29, 1.82) is 0 Å². The fraction of sp³-hybridized carbons (Fsp3) is 0.200. The average Bonchev–Trinajstić information content (AvgIpc) is 3.25. The van der Waals surface area contributed by atoms with Crippen LogP contribution in [0, 0.1) is 0 Å². The molecule has 4 aromatic rings. The summed E-state index contributed by atoms with van der Waals surface area (Å²) in [5.74, 6) is 1.79. The van der Waals surface area contributed by atoms with Crippen molar-refractivity contribution >= 4 is 22.4 Å². The molecule has 1 unspecified atom stereocenters. The van der Waals surface area contributed by atoms with Crippen molar-refractivity contribution in [3.63, 3.8) is 0 Å². The summed E-state index contributed by atoms with van der Waals surface area (Å²) in [5, 5.41) is 9.14. The quantitative estimate of drug-likeness (QED) is 0.488. The smallest absolute Gasteiger partial charge is 0.260 e.